The van der Waals surface area contributed by atoms with E-state index >= 15 is 0 Å². The summed E-state index contributed by atoms with van der Waals surface area (Å²) in [4.78, 5) is 9.27. The Morgan fingerprint density at radius 1 is 1.09 bits per heavy atom. The molecule has 0 atom stereocenters. The van der Waals surface area contributed by atoms with Crippen LogP contribution in [0.3, 0.4) is 0 Å². The first-order valence-corrected chi connectivity index (χ1v) is 11.5. The van der Waals surface area contributed by atoms with Gasteiger partial charge in [-0.3, -0.25) is 4.98 Å². The van der Waals surface area contributed by atoms with Crippen molar-refractivity contribution in [3.8, 4) is 11.5 Å². The van der Waals surface area contributed by atoms with E-state index in [0.717, 1.165) is 61.7 Å². The first kappa shape index (κ1) is 22.0. The van der Waals surface area contributed by atoms with Crippen molar-refractivity contribution < 1.29 is 9.47 Å². The van der Waals surface area contributed by atoms with Crippen LogP contribution < -0.4 is 10.1 Å². The molecule has 1 aromatic carbocycles. The molecule has 0 spiro atoms. The number of aromatic nitrogens is 6. The molecule has 1 fully saturated rings. The number of aryl methyl sites for hydroxylation is 3. The van der Waals surface area contributed by atoms with Crippen LogP contribution in [0.4, 0.5) is 11.5 Å². The highest BCUT2D eigenvalue weighted by atomic mass is 16.5. The number of H-pyrrole nitrogens is 1. The van der Waals surface area contributed by atoms with Gasteiger partial charge in [0.05, 0.1) is 5.69 Å². The zero-order valence-electron chi connectivity index (χ0n) is 19.1. The van der Waals surface area contributed by atoms with Crippen LogP contribution in [0.5, 0.6) is 11.5 Å². The second-order valence-electron chi connectivity index (χ2n) is 8.35. The molecule has 0 saturated carbocycles. The third-order valence-corrected chi connectivity index (χ3v) is 5.82. The molecule has 4 aromatic rings. The van der Waals surface area contributed by atoms with Gasteiger partial charge in [-0.05, 0) is 62.1 Å². The summed E-state index contributed by atoms with van der Waals surface area (Å²) < 4.78 is 11.8. The van der Waals surface area contributed by atoms with Crippen LogP contribution in [-0.4, -0.2) is 43.8 Å². The average Bonchev–Trinajstić information content (AvgIpc) is 3.39. The van der Waals surface area contributed by atoms with Gasteiger partial charge < -0.3 is 14.8 Å². The van der Waals surface area contributed by atoms with Crippen molar-refractivity contribution >= 4 is 11.5 Å². The van der Waals surface area contributed by atoms with E-state index in [4.69, 9.17) is 14.5 Å². The lowest BCUT2D eigenvalue weighted by atomic mass is 9.95. The summed E-state index contributed by atoms with van der Waals surface area (Å²) in [7, 11) is 0. The number of anilines is 2. The fourth-order valence-corrected chi connectivity index (χ4v) is 4.08. The highest BCUT2D eigenvalue weighted by molar-refractivity contribution is 5.58. The van der Waals surface area contributed by atoms with E-state index in [1.165, 1.54) is 5.56 Å². The minimum absolute atomic E-state index is 0.346. The topological polar surface area (TPSA) is 111 Å². The average molecular weight is 458 g/mol. The molecular formula is C25H27N7O2. The zero-order chi connectivity index (χ0) is 23.2. The van der Waals surface area contributed by atoms with Crippen LogP contribution in [0.2, 0.25) is 0 Å². The van der Waals surface area contributed by atoms with Crippen molar-refractivity contribution in [1.29, 1.82) is 0 Å². The first-order chi connectivity index (χ1) is 16.7. The summed E-state index contributed by atoms with van der Waals surface area (Å²) in [6.07, 6.45) is 5.20. The van der Waals surface area contributed by atoms with Gasteiger partial charge in [0, 0.05) is 49.2 Å². The van der Waals surface area contributed by atoms with Crippen molar-refractivity contribution in [3.05, 3.63) is 77.5 Å². The Bertz CT molecular complexity index is 1220. The van der Waals surface area contributed by atoms with Crippen molar-refractivity contribution in [2.24, 2.45) is 0 Å². The van der Waals surface area contributed by atoms with Gasteiger partial charge in [0.2, 0.25) is 0 Å². The monoisotopic (exact) mass is 457 g/mol. The van der Waals surface area contributed by atoms with E-state index < -0.39 is 0 Å². The maximum absolute atomic E-state index is 6.29. The highest BCUT2D eigenvalue weighted by Crippen LogP contribution is 2.35. The fraction of sp³-hybridized carbons (Fsp3) is 0.320. The number of pyridine rings is 2. The molecule has 3 aromatic heterocycles. The number of benzene rings is 1. The molecular weight excluding hydrogens is 430 g/mol. The van der Waals surface area contributed by atoms with Crippen LogP contribution >= 0.6 is 0 Å². The molecule has 0 aliphatic carbocycles. The third kappa shape index (κ3) is 5.55. The summed E-state index contributed by atoms with van der Waals surface area (Å²) in [5, 5.41) is 17.5. The van der Waals surface area contributed by atoms with Gasteiger partial charge in [0.1, 0.15) is 17.3 Å². The number of aromatic amines is 1. The van der Waals surface area contributed by atoms with Crippen molar-refractivity contribution in [3.63, 3.8) is 0 Å². The quantitative estimate of drug-likeness (QED) is 0.397. The van der Waals surface area contributed by atoms with E-state index in [1.807, 2.05) is 43.3 Å². The number of rotatable bonds is 8. The van der Waals surface area contributed by atoms with Gasteiger partial charge in [-0.1, -0.05) is 17.3 Å². The standard InChI is InChI=1S/C25H27N7O2/c1-17-5-7-22(25(27-17)19-10-13-33-14-11-19)34-21-9-12-26-24(16-21)28-20-4-2-3-18(15-20)6-8-23-29-31-32-30-23/h2-5,7,9,12,15-16,19H,6,8,10-11,13-14H2,1H3,(H,26,28)(H,29,30,31,32). The SMILES string of the molecule is Cc1ccc(Oc2ccnc(Nc3cccc(CCc4nn[nH]n4)c3)c2)c(C2CCOCC2)n1. The second-order valence-corrected chi connectivity index (χ2v) is 8.35. The molecule has 2 N–H and O–H groups in total. The third-order valence-electron chi connectivity index (χ3n) is 5.82. The molecule has 1 aliphatic rings. The van der Waals surface area contributed by atoms with Gasteiger partial charge in [-0.25, -0.2) is 4.98 Å². The van der Waals surface area contributed by atoms with Crippen LogP contribution in [0.15, 0.2) is 54.7 Å². The molecule has 0 bridgehead atoms. The Kier molecular flexibility index (Phi) is 6.71. The smallest absolute Gasteiger partial charge is 0.174 e. The minimum Gasteiger partial charge on any atom is -0.455 e. The van der Waals surface area contributed by atoms with Gasteiger partial charge >= 0.3 is 0 Å². The maximum Gasteiger partial charge on any atom is 0.174 e. The summed E-state index contributed by atoms with van der Waals surface area (Å²) >= 11 is 0. The lowest BCUT2D eigenvalue weighted by Gasteiger charge is -2.23. The molecule has 174 valence electrons. The molecule has 0 amide bonds. The predicted octanol–water partition coefficient (Wildman–Crippen LogP) is 4.51. The Morgan fingerprint density at radius 2 is 2.00 bits per heavy atom. The predicted molar refractivity (Wildman–Crippen MR) is 127 cm³/mol. The van der Waals surface area contributed by atoms with Gasteiger partial charge in [-0.2, -0.15) is 5.21 Å². The molecule has 1 aliphatic heterocycles. The largest absolute Gasteiger partial charge is 0.455 e. The van der Waals surface area contributed by atoms with Gasteiger partial charge in [0.25, 0.3) is 0 Å². The highest BCUT2D eigenvalue weighted by Gasteiger charge is 2.22. The van der Waals surface area contributed by atoms with Crippen LogP contribution in [0.1, 0.15) is 41.5 Å². The Hall–Kier alpha value is -3.85. The second kappa shape index (κ2) is 10.4. The summed E-state index contributed by atoms with van der Waals surface area (Å²) in [5.41, 5.74) is 4.12. The van der Waals surface area contributed by atoms with E-state index in [9.17, 15) is 0 Å². The summed E-state index contributed by atoms with van der Waals surface area (Å²) in [6.45, 7) is 3.53. The maximum atomic E-state index is 6.29. The van der Waals surface area contributed by atoms with E-state index in [-0.39, 0.29) is 0 Å². The molecule has 9 heteroatoms. The fourth-order valence-electron chi connectivity index (χ4n) is 4.08. The summed E-state index contributed by atoms with van der Waals surface area (Å²) in [5.74, 6) is 3.26. The lowest BCUT2D eigenvalue weighted by molar-refractivity contribution is 0.0840. The zero-order valence-corrected chi connectivity index (χ0v) is 19.1. The van der Waals surface area contributed by atoms with Crippen molar-refractivity contribution in [2.75, 3.05) is 18.5 Å². The van der Waals surface area contributed by atoms with E-state index in [0.29, 0.717) is 23.3 Å². The van der Waals surface area contributed by atoms with Gasteiger partial charge in [0.15, 0.2) is 5.82 Å². The normalized spacial score (nSPS) is 14.1. The molecule has 1 saturated heterocycles. The Balaban J connectivity index is 1.29. The molecule has 4 heterocycles. The number of tetrazole rings is 1. The Morgan fingerprint density at radius 3 is 2.85 bits per heavy atom. The molecule has 0 unspecified atom stereocenters. The van der Waals surface area contributed by atoms with Crippen molar-refractivity contribution in [1.82, 2.24) is 30.6 Å². The first-order valence-electron chi connectivity index (χ1n) is 11.5. The molecule has 9 nitrogen and oxygen atoms in total. The Labute approximate surface area is 198 Å². The van der Waals surface area contributed by atoms with Crippen LogP contribution in [0.25, 0.3) is 0 Å². The van der Waals surface area contributed by atoms with E-state index in [1.54, 1.807) is 6.20 Å². The number of ether oxygens (including phenoxy) is 2. The molecule has 0 radical (unpaired) electrons. The number of hydrogen-bond acceptors (Lipinski definition) is 8. The lowest BCUT2D eigenvalue weighted by Crippen LogP contribution is -2.16. The molecule has 34 heavy (non-hydrogen) atoms. The van der Waals surface area contributed by atoms with Crippen LogP contribution in [0, 0.1) is 6.92 Å². The summed E-state index contributed by atoms with van der Waals surface area (Å²) in [6, 6.07) is 16.0. The number of nitrogens with zero attached hydrogens (tertiary/aromatic N) is 5. The van der Waals surface area contributed by atoms with Gasteiger partial charge in [-0.15, -0.1) is 10.2 Å². The van der Waals surface area contributed by atoms with Crippen molar-refractivity contribution in [2.45, 2.75) is 38.5 Å². The van der Waals surface area contributed by atoms with E-state index in [2.05, 4.69) is 43.1 Å². The molecule has 5 rings (SSSR count). The number of hydrogen-bond donors (Lipinski definition) is 2. The number of nitrogens with one attached hydrogen (secondary N) is 2. The minimum atomic E-state index is 0.346. The van der Waals surface area contributed by atoms with Crippen LogP contribution in [-0.2, 0) is 17.6 Å².